The Balaban J connectivity index is 2.04. The first-order valence-corrected chi connectivity index (χ1v) is 7.61. The molecule has 0 spiro atoms. The Morgan fingerprint density at radius 1 is 1.19 bits per heavy atom. The van der Waals surface area contributed by atoms with E-state index in [0.717, 1.165) is 19.5 Å². The van der Waals surface area contributed by atoms with Crippen LogP contribution in [0.15, 0.2) is 24.3 Å². The number of nitrogens with zero attached hydrogens (tertiary/aromatic N) is 1. The van der Waals surface area contributed by atoms with Gasteiger partial charge in [-0.15, -0.1) is 0 Å². The third-order valence-corrected chi connectivity index (χ3v) is 4.06. The second-order valence-electron chi connectivity index (χ2n) is 5.60. The number of ketones is 1. The number of likely N-dealkylation sites (tertiary alicyclic amines) is 1. The van der Waals surface area contributed by atoms with E-state index in [-0.39, 0.29) is 6.61 Å². The first-order chi connectivity index (χ1) is 10.1. The number of hydrogen-bond donors (Lipinski definition) is 0. The van der Waals surface area contributed by atoms with Gasteiger partial charge in [-0.1, -0.05) is 24.3 Å². The lowest BCUT2D eigenvalue weighted by molar-refractivity contribution is -0.137. The molecule has 0 amide bonds. The van der Waals surface area contributed by atoms with E-state index in [9.17, 15) is 9.59 Å². The average Bonchev–Trinajstić information content (AvgIpc) is 2.72. The second-order valence-corrected chi connectivity index (χ2v) is 5.60. The van der Waals surface area contributed by atoms with Crippen LogP contribution in [0.2, 0.25) is 0 Å². The minimum atomic E-state index is -0.777. The fourth-order valence-corrected chi connectivity index (χ4v) is 2.79. The van der Waals surface area contributed by atoms with Crippen molar-refractivity contribution in [3.63, 3.8) is 0 Å². The highest BCUT2D eigenvalue weighted by Gasteiger charge is 2.19. The van der Waals surface area contributed by atoms with Crippen molar-refractivity contribution < 1.29 is 14.3 Å². The van der Waals surface area contributed by atoms with Crippen LogP contribution >= 0.6 is 0 Å². The summed E-state index contributed by atoms with van der Waals surface area (Å²) in [6.07, 6.45) is 3.52. The van der Waals surface area contributed by atoms with E-state index in [1.54, 1.807) is 19.1 Å². The van der Waals surface area contributed by atoms with Crippen molar-refractivity contribution in [1.29, 1.82) is 0 Å². The number of rotatable bonds is 4. The highest BCUT2D eigenvalue weighted by molar-refractivity contribution is 6.40. The van der Waals surface area contributed by atoms with E-state index >= 15 is 0 Å². The van der Waals surface area contributed by atoms with Crippen LogP contribution in [0.25, 0.3) is 0 Å². The number of benzene rings is 1. The number of Topliss-reactive ketones (excluding diaryl/α,β-unsaturated/α-hetero) is 1. The summed E-state index contributed by atoms with van der Waals surface area (Å²) >= 11 is 0. The van der Waals surface area contributed by atoms with Gasteiger partial charge in [0.05, 0.1) is 6.61 Å². The zero-order valence-corrected chi connectivity index (χ0v) is 12.8. The normalized spacial score (nSPS) is 19.8. The molecule has 1 aliphatic heterocycles. The molecule has 0 aliphatic carbocycles. The third kappa shape index (κ3) is 4.14. The summed E-state index contributed by atoms with van der Waals surface area (Å²) in [4.78, 5) is 25.6. The molecule has 0 radical (unpaired) electrons. The van der Waals surface area contributed by atoms with E-state index in [1.807, 2.05) is 12.1 Å². The van der Waals surface area contributed by atoms with Gasteiger partial charge in [-0.3, -0.25) is 4.79 Å². The summed E-state index contributed by atoms with van der Waals surface area (Å²) < 4.78 is 4.74. The molecule has 1 aromatic carbocycles. The van der Waals surface area contributed by atoms with Gasteiger partial charge in [0.25, 0.3) is 5.78 Å². The van der Waals surface area contributed by atoms with E-state index in [1.165, 1.54) is 18.4 Å². The third-order valence-electron chi connectivity index (χ3n) is 4.06. The van der Waals surface area contributed by atoms with Crippen LogP contribution in [0, 0.1) is 0 Å². The van der Waals surface area contributed by atoms with Gasteiger partial charge < -0.3 is 9.64 Å². The van der Waals surface area contributed by atoms with Crippen molar-refractivity contribution in [3.05, 3.63) is 35.4 Å². The van der Waals surface area contributed by atoms with Gasteiger partial charge in [0.1, 0.15) is 0 Å². The molecule has 0 aromatic heterocycles. The lowest BCUT2D eigenvalue weighted by atomic mass is 9.91. The highest BCUT2D eigenvalue weighted by Crippen LogP contribution is 2.27. The van der Waals surface area contributed by atoms with Crippen LogP contribution in [0.5, 0.6) is 0 Å². The molecular weight excluding hydrogens is 266 g/mol. The first kappa shape index (κ1) is 15.7. The number of esters is 1. The Labute approximate surface area is 126 Å². The van der Waals surface area contributed by atoms with Gasteiger partial charge in [0.15, 0.2) is 0 Å². The van der Waals surface area contributed by atoms with E-state index in [4.69, 9.17) is 4.74 Å². The average molecular weight is 289 g/mol. The number of ether oxygens (including phenoxy) is 1. The van der Waals surface area contributed by atoms with Crippen molar-refractivity contribution in [1.82, 2.24) is 4.90 Å². The Morgan fingerprint density at radius 2 is 1.90 bits per heavy atom. The summed E-state index contributed by atoms with van der Waals surface area (Å²) in [6.45, 7) is 4.17. The molecule has 1 atom stereocenters. The Bertz CT molecular complexity index is 495. The molecule has 1 heterocycles. The van der Waals surface area contributed by atoms with Gasteiger partial charge in [-0.25, -0.2) is 4.79 Å². The smallest absolute Gasteiger partial charge is 0.379 e. The zero-order chi connectivity index (χ0) is 15.2. The highest BCUT2D eigenvalue weighted by atomic mass is 16.5. The Kier molecular flexibility index (Phi) is 5.51. The second kappa shape index (κ2) is 7.36. The Hall–Kier alpha value is -1.68. The summed E-state index contributed by atoms with van der Waals surface area (Å²) in [7, 11) is 2.16. The van der Waals surface area contributed by atoms with Crippen molar-refractivity contribution in [2.45, 2.75) is 32.1 Å². The van der Waals surface area contributed by atoms with Crippen molar-refractivity contribution >= 4 is 11.8 Å². The maximum Gasteiger partial charge on any atom is 0.379 e. The lowest BCUT2D eigenvalue weighted by Crippen LogP contribution is -2.18. The van der Waals surface area contributed by atoms with Gasteiger partial charge >= 0.3 is 5.97 Å². The van der Waals surface area contributed by atoms with Crippen LogP contribution in [-0.4, -0.2) is 43.4 Å². The van der Waals surface area contributed by atoms with Gasteiger partial charge in [-0.05, 0) is 57.8 Å². The standard InChI is InChI=1S/C17H23NO3/c1-3-21-17(20)16(19)15-8-6-14(7-9-15)13-5-4-11-18(2)12-10-13/h6-9,13H,3-5,10-12H2,1-2H3. The number of carbonyl (C=O) groups excluding carboxylic acids is 2. The fourth-order valence-electron chi connectivity index (χ4n) is 2.79. The predicted octanol–water partition coefficient (Wildman–Crippen LogP) is 2.63. The number of carbonyl (C=O) groups is 2. The topological polar surface area (TPSA) is 46.6 Å². The maximum absolute atomic E-state index is 11.8. The molecule has 1 aliphatic rings. The molecule has 0 N–H and O–H groups in total. The summed E-state index contributed by atoms with van der Waals surface area (Å²) in [5.41, 5.74) is 1.66. The summed E-state index contributed by atoms with van der Waals surface area (Å²) in [6, 6.07) is 7.43. The summed E-state index contributed by atoms with van der Waals surface area (Å²) in [5.74, 6) is -0.799. The van der Waals surface area contributed by atoms with Crippen LogP contribution in [-0.2, 0) is 9.53 Å². The molecule has 1 unspecified atom stereocenters. The molecule has 1 fully saturated rings. The molecule has 1 saturated heterocycles. The fraction of sp³-hybridized carbons (Fsp3) is 0.529. The minimum Gasteiger partial charge on any atom is -0.460 e. The molecular formula is C17H23NO3. The lowest BCUT2D eigenvalue weighted by Gasteiger charge is -2.15. The molecule has 4 nitrogen and oxygen atoms in total. The van der Waals surface area contributed by atoms with E-state index in [2.05, 4.69) is 11.9 Å². The molecule has 1 aromatic rings. The molecule has 2 rings (SSSR count). The van der Waals surface area contributed by atoms with Gasteiger partial charge in [-0.2, -0.15) is 0 Å². The summed E-state index contributed by atoms with van der Waals surface area (Å²) in [5, 5.41) is 0. The Morgan fingerprint density at radius 3 is 2.57 bits per heavy atom. The largest absolute Gasteiger partial charge is 0.460 e. The van der Waals surface area contributed by atoms with Crippen molar-refractivity contribution in [3.8, 4) is 0 Å². The van der Waals surface area contributed by atoms with E-state index < -0.39 is 11.8 Å². The van der Waals surface area contributed by atoms with Crippen LogP contribution < -0.4 is 0 Å². The molecule has 0 bridgehead atoms. The molecule has 114 valence electrons. The molecule has 4 heteroatoms. The zero-order valence-electron chi connectivity index (χ0n) is 12.8. The maximum atomic E-state index is 11.8. The molecule has 21 heavy (non-hydrogen) atoms. The number of hydrogen-bond acceptors (Lipinski definition) is 4. The first-order valence-electron chi connectivity index (χ1n) is 7.61. The van der Waals surface area contributed by atoms with Crippen LogP contribution in [0.4, 0.5) is 0 Å². The predicted molar refractivity (Wildman–Crippen MR) is 81.5 cm³/mol. The van der Waals surface area contributed by atoms with Gasteiger partial charge in [0.2, 0.25) is 0 Å². The minimum absolute atomic E-state index is 0.220. The van der Waals surface area contributed by atoms with Crippen molar-refractivity contribution in [2.24, 2.45) is 0 Å². The quantitative estimate of drug-likeness (QED) is 0.485. The van der Waals surface area contributed by atoms with E-state index in [0.29, 0.717) is 11.5 Å². The van der Waals surface area contributed by atoms with Crippen molar-refractivity contribution in [2.75, 3.05) is 26.7 Å². The van der Waals surface area contributed by atoms with Crippen LogP contribution in [0.1, 0.15) is 48.0 Å². The van der Waals surface area contributed by atoms with Crippen LogP contribution in [0.3, 0.4) is 0 Å². The SMILES string of the molecule is CCOC(=O)C(=O)c1ccc(C2CCCN(C)CC2)cc1. The van der Waals surface area contributed by atoms with Gasteiger partial charge in [0, 0.05) is 5.56 Å². The molecule has 0 saturated carbocycles. The monoisotopic (exact) mass is 289 g/mol.